The number of rotatable bonds is 1. The molecule has 0 aliphatic heterocycles. The molecule has 18 heavy (non-hydrogen) atoms. The number of thiocarbonyl (C=S) groups is 1. The van der Waals surface area contributed by atoms with Crippen LogP contribution < -0.4 is 5.32 Å². The third kappa shape index (κ3) is 4.15. The molecule has 1 aliphatic carbocycles. The van der Waals surface area contributed by atoms with Crippen LogP contribution >= 0.6 is 12.2 Å². The predicted molar refractivity (Wildman–Crippen MR) is 58.1 cm³/mol. The molecule has 0 spiro atoms. The van der Waals surface area contributed by atoms with Gasteiger partial charge in [0, 0.05) is 11.6 Å². The molecule has 2 unspecified atom stereocenters. The van der Waals surface area contributed by atoms with Gasteiger partial charge < -0.3 is 5.32 Å². The second-order valence-corrected chi connectivity index (χ2v) is 4.79. The third-order valence-electron chi connectivity index (χ3n) is 2.60. The van der Waals surface area contributed by atoms with E-state index in [9.17, 15) is 26.3 Å². The lowest BCUT2D eigenvalue weighted by molar-refractivity contribution is -0.167. The Hall–Kier alpha value is -0.790. The van der Waals surface area contributed by atoms with Gasteiger partial charge in [-0.25, -0.2) is 0 Å². The first kappa shape index (κ1) is 15.3. The van der Waals surface area contributed by atoms with Crippen LogP contribution in [-0.4, -0.2) is 23.4 Å². The molecule has 0 saturated heterocycles. The van der Waals surface area contributed by atoms with E-state index in [2.05, 4.69) is 17.5 Å². The van der Waals surface area contributed by atoms with Crippen molar-refractivity contribution in [1.82, 2.24) is 5.32 Å². The Labute approximate surface area is 105 Å². The summed E-state index contributed by atoms with van der Waals surface area (Å²) in [7, 11) is 0. The second-order valence-electron chi connectivity index (χ2n) is 4.18. The van der Waals surface area contributed by atoms with Crippen LogP contribution in [0.3, 0.4) is 0 Å². The van der Waals surface area contributed by atoms with Gasteiger partial charge in [0.1, 0.15) is 0 Å². The highest BCUT2D eigenvalue weighted by Gasteiger charge is 2.46. The van der Waals surface area contributed by atoms with Gasteiger partial charge in [-0.05, 0) is 19.8 Å². The minimum Gasteiger partial charge on any atom is -0.377 e. The lowest BCUT2D eigenvalue weighted by atomic mass is 9.86. The maximum Gasteiger partial charge on any atom is 0.412 e. The predicted octanol–water partition coefficient (Wildman–Crippen LogP) is 3.75. The smallest absolute Gasteiger partial charge is 0.377 e. The Kier molecular flexibility index (Phi) is 4.30. The molecule has 0 bridgehead atoms. The Morgan fingerprint density at radius 2 is 1.83 bits per heavy atom. The van der Waals surface area contributed by atoms with Gasteiger partial charge >= 0.3 is 12.4 Å². The summed E-state index contributed by atoms with van der Waals surface area (Å²) in [5, 5.41) is 2.48. The van der Waals surface area contributed by atoms with Crippen LogP contribution in [0.1, 0.15) is 19.8 Å². The standard InChI is InChI=1S/C10H11F6NS/c1-5(18)17-8-3-6(9(11,12)13)2-7(4-8)10(14,15)16/h2,6,8H,3-4H2,1H3,(H,17,18). The minimum absolute atomic E-state index is 0.185. The zero-order valence-corrected chi connectivity index (χ0v) is 10.1. The second kappa shape index (κ2) is 5.07. The van der Waals surface area contributed by atoms with Gasteiger partial charge in [0.2, 0.25) is 0 Å². The number of allylic oxidation sites excluding steroid dienone is 1. The monoisotopic (exact) mass is 291 g/mol. The van der Waals surface area contributed by atoms with E-state index in [0.29, 0.717) is 0 Å². The Balaban J connectivity index is 2.96. The van der Waals surface area contributed by atoms with E-state index in [4.69, 9.17) is 0 Å². The normalized spacial score (nSPS) is 25.6. The first-order valence-corrected chi connectivity index (χ1v) is 5.52. The van der Waals surface area contributed by atoms with Crippen LogP contribution in [0.15, 0.2) is 11.6 Å². The van der Waals surface area contributed by atoms with Crippen molar-refractivity contribution in [3.63, 3.8) is 0 Å². The molecule has 1 N–H and O–H groups in total. The zero-order valence-electron chi connectivity index (χ0n) is 9.32. The third-order valence-corrected chi connectivity index (χ3v) is 2.72. The molecule has 0 aromatic carbocycles. The van der Waals surface area contributed by atoms with E-state index in [-0.39, 0.29) is 11.1 Å². The molecule has 2 atom stereocenters. The fourth-order valence-electron chi connectivity index (χ4n) is 1.87. The average molecular weight is 291 g/mol. The summed E-state index contributed by atoms with van der Waals surface area (Å²) < 4.78 is 75.2. The van der Waals surface area contributed by atoms with Crippen LogP contribution in [0, 0.1) is 5.92 Å². The van der Waals surface area contributed by atoms with E-state index in [0.717, 1.165) is 0 Å². The zero-order chi connectivity index (χ0) is 14.1. The Bertz CT molecular complexity index is 356. The molecule has 0 radical (unpaired) electrons. The van der Waals surface area contributed by atoms with Gasteiger partial charge in [-0.1, -0.05) is 18.3 Å². The summed E-state index contributed by atoms with van der Waals surface area (Å²) >= 11 is 4.65. The lowest BCUT2D eigenvalue weighted by Gasteiger charge is -2.31. The van der Waals surface area contributed by atoms with Gasteiger partial charge in [-0.3, -0.25) is 0 Å². The van der Waals surface area contributed by atoms with Crippen molar-refractivity contribution >= 4 is 17.2 Å². The highest BCUT2D eigenvalue weighted by atomic mass is 32.1. The minimum atomic E-state index is -4.74. The van der Waals surface area contributed by atoms with Gasteiger partial charge in [-0.2, -0.15) is 26.3 Å². The van der Waals surface area contributed by atoms with Crippen LogP contribution in [0.5, 0.6) is 0 Å². The first-order chi connectivity index (χ1) is 8.00. The Morgan fingerprint density at radius 1 is 1.28 bits per heavy atom. The van der Waals surface area contributed by atoms with Gasteiger partial charge in [0.25, 0.3) is 0 Å². The summed E-state index contributed by atoms with van der Waals surface area (Å²) in [6.45, 7) is 1.42. The van der Waals surface area contributed by atoms with Crippen molar-refractivity contribution in [1.29, 1.82) is 0 Å². The fourth-order valence-corrected chi connectivity index (χ4v) is 2.04. The SMILES string of the molecule is CC(=S)NC1CC(C(F)(F)F)=CC(C(F)(F)F)C1. The fraction of sp³-hybridized carbons (Fsp3) is 0.700. The summed E-state index contributed by atoms with van der Waals surface area (Å²) in [5.41, 5.74) is -1.15. The van der Waals surface area contributed by atoms with E-state index in [1.807, 2.05) is 0 Å². The lowest BCUT2D eigenvalue weighted by Crippen LogP contribution is -2.41. The number of alkyl halides is 6. The molecule has 1 rings (SSSR count). The van der Waals surface area contributed by atoms with Crippen molar-refractivity contribution in [2.24, 2.45) is 5.92 Å². The highest BCUT2D eigenvalue weighted by Crippen LogP contribution is 2.41. The van der Waals surface area contributed by atoms with Crippen LogP contribution in [-0.2, 0) is 0 Å². The van der Waals surface area contributed by atoms with Crippen molar-refractivity contribution < 1.29 is 26.3 Å². The number of halogens is 6. The highest BCUT2D eigenvalue weighted by molar-refractivity contribution is 7.80. The summed E-state index contributed by atoms with van der Waals surface area (Å²) in [5.74, 6) is -2.09. The van der Waals surface area contributed by atoms with E-state index in [1.165, 1.54) is 6.92 Å². The topological polar surface area (TPSA) is 12.0 Å². The van der Waals surface area contributed by atoms with Crippen molar-refractivity contribution in [2.75, 3.05) is 0 Å². The average Bonchev–Trinajstić information content (AvgIpc) is 2.13. The summed E-state index contributed by atoms with van der Waals surface area (Å²) in [6, 6.07) is -0.934. The molecule has 0 aromatic heterocycles. The molecule has 0 heterocycles. The quantitative estimate of drug-likeness (QED) is 0.448. The molecule has 0 amide bonds. The molecular formula is C10H11F6NS. The van der Waals surface area contributed by atoms with Crippen LogP contribution in [0.2, 0.25) is 0 Å². The van der Waals surface area contributed by atoms with E-state index >= 15 is 0 Å². The van der Waals surface area contributed by atoms with Crippen molar-refractivity contribution in [3.05, 3.63) is 11.6 Å². The molecule has 1 nitrogen and oxygen atoms in total. The molecular weight excluding hydrogens is 280 g/mol. The number of hydrogen-bond donors (Lipinski definition) is 1. The van der Waals surface area contributed by atoms with Gasteiger partial charge in [-0.15, -0.1) is 0 Å². The summed E-state index contributed by atoms with van der Waals surface area (Å²) in [4.78, 5) is 0.185. The molecule has 0 aromatic rings. The summed E-state index contributed by atoms with van der Waals surface area (Å²) in [6.07, 6.45) is -10.1. The number of hydrogen-bond acceptors (Lipinski definition) is 1. The van der Waals surface area contributed by atoms with E-state index < -0.39 is 42.7 Å². The first-order valence-electron chi connectivity index (χ1n) is 5.12. The molecule has 0 fully saturated rings. The van der Waals surface area contributed by atoms with Crippen LogP contribution in [0.4, 0.5) is 26.3 Å². The Morgan fingerprint density at radius 3 is 2.22 bits per heavy atom. The largest absolute Gasteiger partial charge is 0.412 e. The maximum atomic E-state index is 12.5. The van der Waals surface area contributed by atoms with Crippen LogP contribution in [0.25, 0.3) is 0 Å². The maximum absolute atomic E-state index is 12.5. The molecule has 8 heteroatoms. The number of nitrogens with one attached hydrogen (secondary N) is 1. The molecule has 0 saturated carbocycles. The van der Waals surface area contributed by atoms with Crippen molar-refractivity contribution in [3.8, 4) is 0 Å². The molecule has 104 valence electrons. The van der Waals surface area contributed by atoms with Gasteiger partial charge in [0.05, 0.1) is 10.9 Å². The van der Waals surface area contributed by atoms with E-state index in [1.54, 1.807) is 0 Å². The van der Waals surface area contributed by atoms with Gasteiger partial charge in [0.15, 0.2) is 0 Å². The van der Waals surface area contributed by atoms with Crippen molar-refractivity contribution in [2.45, 2.75) is 38.2 Å². The molecule has 1 aliphatic rings.